The van der Waals surface area contributed by atoms with E-state index < -0.39 is 11.5 Å². The summed E-state index contributed by atoms with van der Waals surface area (Å²) in [5.41, 5.74) is 2.43. The fraction of sp³-hybridized carbons (Fsp3) is 0.630. The number of nitrogens with one attached hydrogen (secondary N) is 2. The summed E-state index contributed by atoms with van der Waals surface area (Å²) < 4.78 is 7.38. The summed E-state index contributed by atoms with van der Waals surface area (Å²) in [6.45, 7) is 9.52. The molecule has 3 amide bonds. The van der Waals surface area contributed by atoms with Crippen molar-refractivity contribution in [1.29, 1.82) is 0 Å². The third-order valence-electron chi connectivity index (χ3n) is 7.94. The Labute approximate surface area is 211 Å². The van der Waals surface area contributed by atoms with Crippen molar-refractivity contribution in [2.24, 2.45) is 18.4 Å². The molecule has 9 nitrogen and oxygen atoms in total. The highest BCUT2D eigenvalue weighted by molar-refractivity contribution is 6.03. The lowest BCUT2D eigenvalue weighted by molar-refractivity contribution is -0.134. The van der Waals surface area contributed by atoms with Crippen LogP contribution in [-0.2, 0) is 21.4 Å². The van der Waals surface area contributed by atoms with E-state index in [2.05, 4.69) is 23.6 Å². The molecule has 3 atom stereocenters. The molecular formula is C27H37N5O4. The van der Waals surface area contributed by atoms with Crippen LogP contribution in [0.25, 0.3) is 10.9 Å². The van der Waals surface area contributed by atoms with E-state index in [4.69, 9.17) is 9.84 Å². The summed E-state index contributed by atoms with van der Waals surface area (Å²) in [7, 11) is 1.90. The molecule has 2 aliphatic heterocycles. The molecule has 9 heteroatoms. The van der Waals surface area contributed by atoms with Crippen LogP contribution < -0.4 is 10.6 Å². The first-order valence-corrected chi connectivity index (χ1v) is 13.0. The molecule has 5 rings (SSSR count). The molecular weight excluding hydrogens is 458 g/mol. The predicted octanol–water partition coefficient (Wildman–Crippen LogP) is 3.93. The van der Waals surface area contributed by atoms with Crippen LogP contribution in [0.3, 0.4) is 0 Å². The lowest BCUT2D eigenvalue weighted by Crippen LogP contribution is -2.62. The third-order valence-corrected chi connectivity index (χ3v) is 7.94. The quantitative estimate of drug-likeness (QED) is 0.625. The number of hydrogen-bond acceptors (Lipinski definition) is 6. The SMILES string of the molecule is C[C@H]1CC2(CC[C@H]1Nc1cccc3c(C4CCC(=O)NC4=O)nn(C)c13)CN(C(=O)OC(C)(C)C)C2. The van der Waals surface area contributed by atoms with Gasteiger partial charge in [-0.25, -0.2) is 4.79 Å². The minimum absolute atomic E-state index is 0.186. The first-order chi connectivity index (χ1) is 16.9. The molecule has 2 aromatic rings. The fourth-order valence-electron chi connectivity index (χ4n) is 6.29. The highest BCUT2D eigenvalue weighted by atomic mass is 16.6. The van der Waals surface area contributed by atoms with E-state index in [-0.39, 0.29) is 23.3 Å². The molecule has 2 saturated heterocycles. The zero-order valence-corrected chi connectivity index (χ0v) is 21.9. The van der Waals surface area contributed by atoms with Crippen LogP contribution in [0.4, 0.5) is 10.5 Å². The largest absolute Gasteiger partial charge is 0.444 e. The standard InChI is InChI=1S/C27H37N5O4/c1-16-13-27(14-32(15-27)25(35)36-26(2,3)4)12-11-19(16)28-20-8-6-7-17-22(30-31(5)23(17)20)18-9-10-21(33)29-24(18)34/h6-8,16,18-19,28H,9-15H2,1-5H3,(H,29,33,34)/t16-,18?,19+/m0/s1. The Hall–Kier alpha value is -3.10. The Morgan fingerprint density at radius 1 is 1.22 bits per heavy atom. The van der Waals surface area contributed by atoms with Crippen molar-refractivity contribution in [1.82, 2.24) is 20.0 Å². The normalized spacial score (nSPS) is 26.0. The number of rotatable bonds is 3. The number of carbonyl (C=O) groups is 3. The Balaban J connectivity index is 1.27. The smallest absolute Gasteiger partial charge is 0.410 e. The number of aryl methyl sites for hydroxylation is 1. The molecule has 1 aromatic heterocycles. The Morgan fingerprint density at radius 3 is 2.64 bits per heavy atom. The van der Waals surface area contributed by atoms with Gasteiger partial charge >= 0.3 is 6.09 Å². The van der Waals surface area contributed by atoms with Gasteiger partial charge < -0.3 is 15.0 Å². The van der Waals surface area contributed by atoms with Gasteiger partial charge in [0.2, 0.25) is 11.8 Å². The molecule has 1 saturated carbocycles. The second kappa shape index (κ2) is 8.78. The highest BCUT2D eigenvalue weighted by Gasteiger charge is 2.50. The molecule has 3 fully saturated rings. The number of carbonyl (C=O) groups excluding carboxylic acids is 3. The van der Waals surface area contributed by atoms with Crippen molar-refractivity contribution >= 4 is 34.5 Å². The van der Waals surface area contributed by atoms with Crippen molar-refractivity contribution in [3.05, 3.63) is 23.9 Å². The van der Waals surface area contributed by atoms with E-state index in [0.717, 1.165) is 54.6 Å². The molecule has 36 heavy (non-hydrogen) atoms. The molecule has 194 valence electrons. The summed E-state index contributed by atoms with van der Waals surface area (Å²) in [6, 6.07) is 6.39. The lowest BCUT2D eigenvalue weighted by atomic mass is 9.64. The van der Waals surface area contributed by atoms with E-state index in [1.54, 1.807) is 0 Å². The first kappa shape index (κ1) is 24.6. The number of imide groups is 1. The molecule has 1 spiro atoms. The van der Waals surface area contributed by atoms with Crippen molar-refractivity contribution in [2.75, 3.05) is 18.4 Å². The van der Waals surface area contributed by atoms with Gasteiger partial charge in [0.15, 0.2) is 0 Å². The van der Waals surface area contributed by atoms with Gasteiger partial charge in [0.1, 0.15) is 5.60 Å². The van der Waals surface area contributed by atoms with Gasteiger partial charge in [-0.2, -0.15) is 5.10 Å². The molecule has 0 bridgehead atoms. The van der Waals surface area contributed by atoms with Crippen LogP contribution in [0, 0.1) is 11.3 Å². The molecule has 1 aliphatic carbocycles. The second-order valence-corrected chi connectivity index (χ2v) is 12.0. The number of piperidine rings is 1. The van der Waals surface area contributed by atoms with Crippen molar-refractivity contribution in [3.8, 4) is 0 Å². The fourth-order valence-corrected chi connectivity index (χ4v) is 6.29. The van der Waals surface area contributed by atoms with Gasteiger partial charge in [0.25, 0.3) is 0 Å². The topological polar surface area (TPSA) is 106 Å². The summed E-state index contributed by atoms with van der Waals surface area (Å²) in [5.74, 6) is -0.459. The number of likely N-dealkylation sites (tertiary alicyclic amines) is 1. The number of para-hydroxylation sites is 1. The van der Waals surface area contributed by atoms with Crippen LogP contribution in [-0.4, -0.2) is 57.3 Å². The molecule has 0 radical (unpaired) electrons. The minimum atomic E-state index is -0.473. The maximum Gasteiger partial charge on any atom is 0.410 e. The molecule has 1 unspecified atom stereocenters. The van der Waals surface area contributed by atoms with Gasteiger partial charge in [-0.1, -0.05) is 19.1 Å². The molecule has 2 N–H and O–H groups in total. The van der Waals surface area contributed by atoms with E-state index in [1.807, 2.05) is 49.5 Å². The average Bonchev–Trinajstić information content (AvgIpc) is 3.09. The van der Waals surface area contributed by atoms with Crippen LogP contribution >= 0.6 is 0 Å². The highest BCUT2D eigenvalue weighted by Crippen LogP contribution is 2.47. The molecule has 3 aliphatic rings. The Bertz CT molecular complexity index is 1210. The minimum Gasteiger partial charge on any atom is -0.444 e. The number of fused-ring (bicyclic) bond motifs is 1. The number of anilines is 1. The number of amides is 3. The van der Waals surface area contributed by atoms with E-state index >= 15 is 0 Å². The Morgan fingerprint density at radius 2 is 1.97 bits per heavy atom. The average molecular weight is 496 g/mol. The maximum atomic E-state index is 12.5. The number of hydrogen-bond donors (Lipinski definition) is 2. The lowest BCUT2D eigenvalue weighted by Gasteiger charge is -2.55. The summed E-state index contributed by atoms with van der Waals surface area (Å²) >= 11 is 0. The number of benzene rings is 1. The predicted molar refractivity (Wildman–Crippen MR) is 137 cm³/mol. The van der Waals surface area contributed by atoms with Crippen molar-refractivity contribution < 1.29 is 19.1 Å². The van der Waals surface area contributed by atoms with Crippen LogP contribution in [0.15, 0.2) is 18.2 Å². The van der Waals surface area contributed by atoms with E-state index in [0.29, 0.717) is 24.8 Å². The summed E-state index contributed by atoms with van der Waals surface area (Å²) in [5, 5.41) is 11.9. The first-order valence-electron chi connectivity index (χ1n) is 13.0. The number of ether oxygens (including phenoxy) is 1. The number of nitrogens with zero attached hydrogens (tertiary/aromatic N) is 3. The third kappa shape index (κ3) is 4.55. The van der Waals surface area contributed by atoms with Crippen LogP contribution in [0.5, 0.6) is 0 Å². The second-order valence-electron chi connectivity index (χ2n) is 12.0. The van der Waals surface area contributed by atoms with Crippen LogP contribution in [0.2, 0.25) is 0 Å². The van der Waals surface area contributed by atoms with Crippen molar-refractivity contribution in [3.63, 3.8) is 0 Å². The summed E-state index contributed by atoms with van der Waals surface area (Å²) in [6.07, 6.45) is 3.76. The summed E-state index contributed by atoms with van der Waals surface area (Å²) in [4.78, 5) is 38.3. The Kier molecular flexibility index (Phi) is 6.00. The monoisotopic (exact) mass is 495 g/mol. The van der Waals surface area contributed by atoms with Gasteiger partial charge in [0, 0.05) is 43.4 Å². The van der Waals surface area contributed by atoms with E-state index in [9.17, 15) is 14.4 Å². The zero-order valence-electron chi connectivity index (χ0n) is 21.9. The van der Waals surface area contributed by atoms with Crippen LogP contribution in [0.1, 0.15) is 71.4 Å². The van der Waals surface area contributed by atoms with Gasteiger partial charge in [0.05, 0.1) is 22.8 Å². The molecule has 1 aromatic carbocycles. The maximum absolute atomic E-state index is 12.5. The van der Waals surface area contributed by atoms with Gasteiger partial charge in [-0.05, 0) is 58.4 Å². The van der Waals surface area contributed by atoms with Gasteiger partial charge in [-0.15, -0.1) is 0 Å². The van der Waals surface area contributed by atoms with E-state index in [1.165, 1.54) is 0 Å². The number of aromatic nitrogens is 2. The van der Waals surface area contributed by atoms with Gasteiger partial charge in [-0.3, -0.25) is 19.6 Å². The van der Waals surface area contributed by atoms with Crippen molar-refractivity contribution in [2.45, 2.75) is 77.4 Å². The molecule has 3 heterocycles. The zero-order chi connectivity index (χ0) is 25.8.